The van der Waals surface area contributed by atoms with E-state index in [0.717, 1.165) is 6.42 Å². The van der Waals surface area contributed by atoms with Crippen LogP contribution in [0.5, 0.6) is 0 Å². The van der Waals surface area contributed by atoms with E-state index in [9.17, 15) is 0 Å². The number of unbranched alkanes of at least 4 members (excludes halogenated alkanes) is 11. The summed E-state index contributed by atoms with van der Waals surface area (Å²) in [4.78, 5) is 0. The third-order valence-electron chi connectivity index (χ3n) is 3.48. The van der Waals surface area contributed by atoms with E-state index in [4.69, 9.17) is 11.1 Å². The highest BCUT2D eigenvalue weighted by Crippen LogP contribution is 2.11. The zero-order valence-electron chi connectivity index (χ0n) is 13.3. The number of hydrogen-bond donors (Lipinski definition) is 2. The van der Waals surface area contributed by atoms with Crippen molar-refractivity contribution >= 4 is 18.2 Å². The van der Waals surface area contributed by atoms with Crippen molar-refractivity contribution in [2.24, 2.45) is 5.73 Å². The predicted molar refractivity (Wildman–Crippen MR) is 94.0 cm³/mol. The van der Waals surface area contributed by atoms with Gasteiger partial charge in [-0.1, -0.05) is 83.3 Å². The van der Waals surface area contributed by atoms with Crippen molar-refractivity contribution in [3.63, 3.8) is 0 Å². The van der Waals surface area contributed by atoms with E-state index in [1.54, 1.807) is 0 Å². The molecule has 120 valence electrons. The zero-order valence-corrected chi connectivity index (χ0v) is 14.1. The topological polar surface area (TPSA) is 49.9 Å². The third-order valence-corrected chi connectivity index (χ3v) is 3.48. The lowest BCUT2D eigenvalue weighted by molar-refractivity contribution is 0.550. The summed E-state index contributed by atoms with van der Waals surface area (Å²) in [6.07, 6.45) is 21.3. The average molecular weight is 303 g/mol. The Kier molecular flexibility index (Phi) is 20.2. The summed E-state index contributed by atoms with van der Waals surface area (Å²) < 4.78 is 0. The summed E-state index contributed by atoms with van der Waals surface area (Å²) in [5.74, 6) is 0.259. The lowest BCUT2D eigenvalue weighted by Gasteiger charge is -2.01. The smallest absolute Gasteiger partial charge is 0.0943 e. The number of rotatable bonds is 14. The maximum absolute atomic E-state index is 7.08. The first kappa shape index (κ1) is 21.8. The van der Waals surface area contributed by atoms with Crippen LogP contribution in [0.2, 0.25) is 0 Å². The van der Waals surface area contributed by atoms with Gasteiger partial charge in [-0.3, -0.25) is 5.41 Å². The van der Waals surface area contributed by atoms with Crippen LogP contribution in [0, 0.1) is 5.41 Å². The second kappa shape index (κ2) is 18.5. The van der Waals surface area contributed by atoms with Gasteiger partial charge in [-0.15, -0.1) is 12.4 Å². The van der Waals surface area contributed by atoms with E-state index < -0.39 is 0 Å². The highest BCUT2D eigenvalue weighted by atomic mass is 35.5. The molecule has 3 N–H and O–H groups in total. The Morgan fingerprint density at radius 3 is 1.70 bits per heavy atom. The quantitative estimate of drug-likeness (QED) is 0.176. The van der Waals surface area contributed by atoms with Gasteiger partial charge < -0.3 is 5.73 Å². The van der Waals surface area contributed by atoms with Gasteiger partial charge in [0.05, 0.1) is 5.84 Å². The van der Waals surface area contributed by atoms with Crippen LogP contribution >= 0.6 is 12.4 Å². The monoisotopic (exact) mass is 302 g/mol. The van der Waals surface area contributed by atoms with Crippen LogP contribution in [0.4, 0.5) is 0 Å². The van der Waals surface area contributed by atoms with Gasteiger partial charge in [-0.05, 0) is 12.8 Å². The number of amidine groups is 1. The SMILES string of the molecule is CCCCCCCCCCCCC/C=C/CC(=N)N.Cl. The highest BCUT2D eigenvalue weighted by molar-refractivity contribution is 5.85. The molecule has 0 atom stereocenters. The first-order chi connectivity index (χ1) is 9.27. The summed E-state index contributed by atoms with van der Waals surface area (Å²) in [6.45, 7) is 2.27. The minimum Gasteiger partial charge on any atom is -0.387 e. The third kappa shape index (κ3) is 19.8. The number of nitrogens with two attached hydrogens (primary N) is 1. The molecule has 0 radical (unpaired) electrons. The molecule has 0 fully saturated rings. The van der Waals surface area contributed by atoms with E-state index in [2.05, 4.69) is 13.0 Å². The Morgan fingerprint density at radius 2 is 1.25 bits per heavy atom. The van der Waals surface area contributed by atoms with E-state index in [0.29, 0.717) is 6.42 Å². The van der Waals surface area contributed by atoms with Crippen LogP contribution in [-0.2, 0) is 0 Å². The van der Waals surface area contributed by atoms with Crippen molar-refractivity contribution in [1.29, 1.82) is 5.41 Å². The Hall–Kier alpha value is -0.500. The maximum atomic E-state index is 7.08. The molecule has 0 aromatic carbocycles. The van der Waals surface area contributed by atoms with Crippen LogP contribution in [0.15, 0.2) is 12.2 Å². The Bertz CT molecular complexity index is 227. The summed E-state index contributed by atoms with van der Waals surface area (Å²) in [5, 5.41) is 7.08. The molecular weight excluding hydrogens is 268 g/mol. The normalized spacial score (nSPS) is 10.7. The summed E-state index contributed by atoms with van der Waals surface area (Å²) in [7, 11) is 0. The van der Waals surface area contributed by atoms with E-state index in [-0.39, 0.29) is 18.2 Å². The molecule has 0 aliphatic carbocycles. The van der Waals surface area contributed by atoms with Crippen molar-refractivity contribution in [3.05, 3.63) is 12.2 Å². The molecule has 0 rings (SSSR count). The predicted octanol–water partition coefficient (Wildman–Crippen LogP) is 5.99. The van der Waals surface area contributed by atoms with Crippen LogP contribution < -0.4 is 5.73 Å². The summed E-state index contributed by atoms with van der Waals surface area (Å²) in [5.41, 5.74) is 5.27. The molecule has 0 aliphatic heterocycles. The highest BCUT2D eigenvalue weighted by Gasteiger charge is 1.92. The lowest BCUT2D eigenvalue weighted by Crippen LogP contribution is -2.06. The Morgan fingerprint density at radius 1 is 0.800 bits per heavy atom. The molecule has 0 amide bonds. The van der Waals surface area contributed by atoms with Crippen molar-refractivity contribution in [2.75, 3.05) is 0 Å². The van der Waals surface area contributed by atoms with Gasteiger partial charge >= 0.3 is 0 Å². The van der Waals surface area contributed by atoms with E-state index in [1.807, 2.05) is 6.08 Å². The largest absolute Gasteiger partial charge is 0.387 e. The van der Waals surface area contributed by atoms with Gasteiger partial charge in [0.25, 0.3) is 0 Å². The fraction of sp³-hybridized carbons (Fsp3) is 0.824. The summed E-state index contributed by atoms with van der Waals surface area (Å²) >= 11 is 0. The molecule has 0 spiro atoms. The molecule has 0 aromatic heterocycles. The Balaban J connectivity index is 0. The van der Waals surface area contributed by atoms with Crippen LogP contribution in [0.1, 0.15) is 90.4 Å². The standard InChI is InChI=1S/C17H34N2.ClH/c1-2-3-4-5-6-7-8-9-10-11-12-13-14-15-16-17(18)19;/h14-15H,2-13,16H2,1H3,(H3,18,19);1H/b15-14+;. The van der Waals surface area contributed by atoms with Gasteiger partial charge in [0.15, 0.2) is 0 Å². The zero-order chi connectivity index (χ0) is 14.2. The molecular formula is C17H35ClN2. The van der Waals surface area contributed by atoms with Crippen molar-refractivity contribution < 1.29 is 0 Å². The first-order valence-electron chi connectivity index (χ1n) is 8.25. The number of hydrogen-bond acceptors (Lipinski definition) is 1. The van der Waals surface area contributed by atoms with E-state index >= 15 is 0 Å². The summed E-state index contributed by atoms with van der Waals surface area (Å²) in [6, 6.07) is 0. The van der Waals surface area contributed by atoms with Crippen LogP contribution in [-0.4, -0.2) is 5.84 Å². The fourth-order valence-electron chi connectivity index (χ4n) is 2.25. The molecule has 0 heterocycles. The van der Waals surface area contributed by atoms with Gasteiger partial charge in [0, 0.05) is 6.42 Å². The average Bonchev–Trinajstić information content (AvgIpc) is 2.39. The van der Waals surface area contributed by atoms with Gasteiger partial charge in [0.2, 0.25) is 0 Å². The second-order valence-electron chi connectivity index (χ2n) is 5.52. The maximum Gasteiger partial charge on any atom is 0.0943 e. The molecule has 0 saturated heterocycles. The van der Waals surface area contributed by atoms with Crippen LogP contribution in [0.3, 0.4) is 0 Å². The molecule has 3 heteroatoms. The molecule has 2 nitrogen and oxygen atoms in total. The molecule has 0 aromatic rings. The molecule has 0 bridgehead atoms. The number of nitrogens with one attached hydrogen (secondary N) is 1. The lowest BCUT2D eigenvalue weighted by atomic mass is 10.1. The number of allylic oxidation sites excluding steroid dienone is 1. The Labute approximate surface area is 132 Å². The van der Waals surface area contributed by atoms with Gasteiger partial charge in [-0.25, -0.2) is 0 Å². The minimum absolute atomic E-state index is 0. The molecule has 0 unspecified atom stereocenters. The molecule has 0 aliphatic rings. The first-order valence-corrected chi connectivity index (χ1v) is 8.25. The van der Waals surface area contributed by atoms with Crippen molar-refractivity contribution in [3.8, 4) is 0 Å². The molecule has 20 heavy (non-hydrogen) atoms. The second-order valence-corrected chi connectivity index (χ2v) is 5.52. The van der Waals surface area contributed by atoms with E-state index in [1.165, 1.54) is 70.6 Å². The van der Waals surface area contributed by atoms with Gasteiger partial charge in [-0.2, -0.15) is 0 Å². The fourth-order valence-corrected chi connectivity index (χ4v) is 2.25. The molecule has 0 saturated carbocycles. The van der Waals surface area contributed by atoms with Crippen molar-refractivity contribution in [1.82, 2.24) is 0 Å². The minimum atomic E-state index is 0. The van der Waals surface area contributed by atoms with Gasteiger partial charge in [0.1, 0.15) is 0 Å². The number of halogens is 1. The van der Waals surface area contributed by atoms with Crippen molar-refractivity contribution in [2.45, 2.75) is 90.4 Å². The van der Waals surface area contributed by atoms with Crippen LogP contribution in [0.25, 0.3) is 0 Å².